The Bertz CT molecular complexity index is 352. The van der Waals surface area contributed by atoms with E-state index >= 15 is 0 Å². The lowest BCUT2D eigenvalue weighted by Gasteiger charge is -2.22. The fourth-order valence-corrected chi connectivity index (χ4v) is 1.82. The molecule has 0 aromatic heterocycles. The van der Waals surface area contributed by atoms with E-state index in [9.17, 15) is 5.11 Å². The van der Waals surface area contributed by atoms with Crippen LogP contribution in [0.1, 0.15) is 51.2 Å². The van der Waals surface area contributed by atoms with E-state index in [4.69, 9.17) is 5.73 Å². The molecule has 90 valence electrons. The van der Waals surface area contributed by atoms with Gasteiger partial charge in [0.05, 0.1) is 0 Å². The molecule has 16 heavy (non-hydrogen) atoms. The van der Waals surface area contributed by atoms with Gasteiger partial charge in [0.2, 0.25) is 0 Å². The summed E-state index contributed by atoms with van der Waals surface area (Å²) in [5.41, 5.74) is 7.94. The van der Waals surface area contributed by atoms with Crippen LogP contribution in [-0.4, -0.2) is 11.7 Å². The van der Waals surface area contributed by atoms with Crippen molar-refractivity contribution in [2.75, 3.05) is 6.54 Å². The van der Waals surface area contributed by atoms with Crippen LogP contribution < -0.4 is 5.73 Å². The first-order chi connectivity index (χ1) is 7.36. The van der Waals surface area contributed by atoms with Gasteiger partial charge in [-0.05, 0) is 41.5 Å². The van der Waals surface area contributed by atoms with Gasteiger partial charge in [0, 0.05) is 0 Å². The first kappa shape index (κ1) is 13.0. The third-order valence-electron chi connectivity index (χ3n) is 3.02. The minimum absolute atomic E-state index is 0.116. The molecule has 0 fully saturated rings. The maximum Gasteiger partial charge on any atom is 0.119 e. The Morgan fingerprint density at radius 2 is 1.94 bits per heavy atom. The summed E-state index contributed by atoms with van der Waals surface area (Å²) in [5, 5.41) is 9.86. The van der Waals surface area contributed by atoms with Gasteiger partial charge < -0.3 is 10.8 Å². The zero-order valence-corrected chi connectivity index (χ0v) is 10.7. The second-order valence-corrected chi connectivity index (χ2v) is 5.50. The van der Waals surface area contributed by atoms with Crippen LogP contribution in [0.3, 0.4) is 0 Å². The van der Waals surface area contributed by atoms with Gasteiger partial charge >= 0.3 is 0 Å². The first-order valence-corrected chi connectivity index (χ1v) is 5.89. The summed E-state index contributed by atoms with van der Waals surface area (Å²) < 4.78 is 0. The molecule has 0 aliphatic carbocycles. The summed E-state index contributed by atoms with van der Waals surface area (Å²) in [6.07, 6.45) is 0.904. The van der Waals surface area contributed by atoms with Gasteiger partial charge in [-0.25, -0.2) is 0 Å². The Morgan fingerprint density at radius 1 is 1.31 bits per heavy atom. The summed E-state index contributed by atoms with van der Waals surface area (Å²) in [6.45, 7) is 9.29. The summed E-state index contributed by atoms with van der Waals surface area (Å²) in [5.74, 6) is 0.696. The van der Waals surface area contributed by atoms with Crippen molar-refractivity contribution in [1.29, 1.82) is 0 Å². The maximum atomic E-state index is 9.86. The van der Waals surface area contributed by atoms with E-state index < -0.39 is 0 Å². The molecule has 0 heterocycles. The molecule has 0 saturated heterocycles. The molecule has 0 saturated carbocycles. The van der Waals surface area contributed by atoms with Gasteiger partial charge in [-0.2, -0.15) is 0 Å². The van der Waals surface area contributed by atoms with Crippen LogP contribution in [-0.2, 0) is 5.41 Å². The number of hydrogen-bond acceptors (Lipinski definition) is 2. The fourth-order valence-electron chi connectivity index (χ4n) is 1.82. The Balaban J connectivity index is 3.09. The van der Waals surface area contributed by atoms with Crippen molar-refractivity contribution < 1.29 is 5.11 Å². The molecule has 2 nitrogen and oxygen atoms in total. The lowest BCUT2D eigenvalue weighted by Crippen LogP contribution is -2.12. The van der Waals surface area contributed by atoms with Gasteiger partial charge in [-0.3, -0.25) is 0 Å². The smallest absolute Gasteiger partial charge is 0.119 e. The molecule has 1 aromatic carbocycles. The zero-order chi connectivity index (χ0) is 12.3. The molecule has 1 atom stereocenters. The lowest BCUT2D eigenvalue weighted by atomic mass is 9.84. The van der Waals surface area contributed by atoms with Crippen LogP contribution in [0.25, 0.3) is 0 Å². The number of benzene rings is 1. The SMILES string of the molecule is CC(CCN)c1cc(C(C)(C)C)ccc1O. The monoisotopic (exact) mass is 221 g/mol. The van der Waals surface area contributed by atoms with E-state index in [1.807, 2.05) is 6.07 Å². The topological polar surface area (TPSA) is 46.2 Å². The van der Waals surface area contributed by atoms with E-state index in [-0.39, 0.29) is 5.41 Å². The van der Waals surface area contributed by atoms with Crippen LogP contribution in [0.2, 0.25) is 0 Å². The second-order valence-electron chi connectivity index (χ2n) is 5.50. The van der Waals surface area contributed by atoms with Crippen LogP contribution in [0.15, 0.2) is 18.2 Å². The zero-order valence-electron chi connectivity index (χ0n) is 10.7. The number of aromatic hydroxyl groups is 1. The number of rotatable bonds is 3. The predicted octanol–water partition coefficient (Wildman–Crippen LogP) is 3.14. The number of nitrogens with two attached hydrogens (primary N) is 1. The highest BCUT2D eigenvalue weighted by Gasteiger charge is 2.17. The lowest BCUT2D eigenvalue weighted by molar-refractivity contribution is 0.459. The molecule has 1 rings (SSSR count). The Morgan fingerprint density at radius 3 is 2.44 bits per heavy atom. The molecular weight excluding hydrogens is 198 g/mol. The van der Waals surface area contributed by atoms with Crippen LogP contribution >= 0.6 is 0 Å². The van der Waals surface area contributed by atoms with Gasteiger partial charge in [0.25, 0.3) is 0 Å². The first-order valence-electron chi connectivity index (χ1n) is 5.89. The quantitative estimate of drug-likeness (QED) is 0.823. The highest BCUT2D eigenvalue weighted by molar-refractivity contribution is 5.40. The molecule has 1 aromatic rings. The van der Waals surface area contributed by atoms with E-state index in [1.54, 1.807) is 6.07 Å². The van der Waals surface area contributed by atoms with Crippen LogP contribution in [0, 0.1) is 0 Å². The molecule has 3 N–H and O–H groups in total. The van der Waals surface area contributed by atoms with Crippen molar-refractivity contribution in [2.45, 2.75) is 45.4 Å². The molecule has 0 spiro atoms. The summed E-state index contributed by atoms with van der Waals surface area (Å²) in [4.78, 5) is 0. The van der Waals surface area contributed by atoms with Crippen molar-refractivity contribution in [2.24, 2.45) is 5.73 Å². The molecule has 1 unspecified atom stereocenters. The standard InChI is InChI=1S/C14H23NO/c1-10(7-8-15)12-9-11(14(2,3)4)5-6-13(12)16/h5-6,9-10,16H,7-8,15H2,1-4H3. The van der Waals surface area contributed by atoms with Crippen LogP contribution in [0.4, 0.5) is 0 Å². The average molecular weight is 221 g/mol. The average Bonchev–Trinajstić information content (AvgIpc) is 2.16. The molecular formula is C14H23NO. The summed E-state index contributed by atoms with van der Waals surface area (Å²) in [7, 11) is 0. The number of phenolic OH excluding ortho intramolecular Hbond substituents is 1. The molecule has 0 aliphatic heterocycles. The third-order valence-corrected chi connectivity index (χ3v) is 3.02. The molecule has 0 bridgehead atoms. The second kappa shape index (κ2) is 4.88. The molecule has 0 amide bonds. The minimum atomic E-state index is 0.116. The molecule has 0 radical (unpaired) electrons. The van der Waals surface area contributed by atoms with Gasteiger partial charge in [0.15, 0.2) is 0 Å². The predicted molar refractivity (Wildman–Crippen MR) is 68.9 cm³/mol. The van der Waals surface area contributed by atoms with E-state index in [0.29, 0.717) is 18.2 Å². The van der Waals surface area contributed by atoms with Gasteiger partial charge in [-0.1, -0.05) is 39.8 Å². The van der Waals surface area contributed by atoms with Gasteiger partial charge in [0.1, 0.15) is 5.75 Å². The maximum absolute atomic E-state index is 9.86. The van der Waals surface area contributed by atoms with E-state index in [2.05, 4.69) is 33.8 Å². The van der Waals surface area contributed by atoms with E-state index in [0.717, 1.165) is 12.0 Å². The van der Waals surface area contributed by atoms with Gasteiger partial charge in [-0.15, -0.1) is 0 Å². The number of phenols is 1. The van der Waals surface area contributed by atoms with Crippen molar-refractivity contribution >= 4 is 0 Å². The van der Waals surface area contributed by atoms with Crippen molar-refractivity contribution in [1.82, 2.24) is 0 Å². The Labute approximate surface area is 98.5 Å². The fraction of sp³-hybridized carbons (Fsp3) is 0.571. The van der Waals surface area contributed by atoms with Crippen molar-refractivity contribution in [3.05, 3.63) is 29.3 Å². The van der Waals surface area contributed by atoms with E-state index in [1.165, 1.54) is 5.56 Å². The third kappa shape index (κ3) is 2.99. The Kier molecular flexibility index (Phi) is 3.98. The number of hydrogen-bond donors (Lipinski definition) is 2. The normalized spacial score (nSPS) is 13.8. The largest absolute Gasteiger partial charge is 0.508 e. The van der Waals surface area contributed by atoms with Crippen LogP contribution in [0.5, 0.6) is 5.75 Å². The molecule has 0 aliphatic rings. The summed E-state index contributed by atoms with van der Waals surface area (Å²) >= 11 is 0. The Hall–Kier alpha value is -1.02. The summed E-state index contributed by atoms with van der Waals surface area (Å²) in [6, 6.07) is 5.90. The van der Waals surface area contributed by atoms with Crippen molar-refractivity contribution in [3.8, 4) is 5.75 Å². The highest BCUT2D eigenvalue weighted by Crippen LogP contribution is 2.32. The molecule has 2 heteroatoms. The van der Waals surface area contributed by atoms with Crippen molar-refractivity contribution in [3.63, 3.8) is 0 Å². The highest BCUT2D eigenvalue weighted by atomic mass is 16.3. The minimum Gasteiger partial charge on any atom is -0.508 e.